The number of hydrogen-bond donors (Lipinski definition) is 2. The molecule has 1 aliphatic carbocycles. The van der Waals surface area contributed by atoms with Gasteiger partial charge in [-0.1, -0.05) is 31.9 Å². The van der Waals surface area contributed by atoms with Crippen LogP contribution < -0.4 is 10.6 Å². The topological polar surface area (TPSA) is 97.4 Å². The highest BCUT2D eigenvalue weighted by Gasteiger charge is 2.23. The number of thiazole rings is 1. The van der Waals surface area contributed by atoms with E-state index in [4.69, 9.17) is 4.74 Å². The molecule has 1 heterocycles. The molecule has 1 saturated carbocycles. The summed E-state index contributed by atoms with van der Waals surface area (Å²) in [6, 6.07) is 7.18. The van der Waals surface area contributed by atoms with Crippen LogP contribution >= 0.6 is 11.3 Å². The summed E-state index contributed by atoms with van der Waals surface area (Å²) in [5.74, 6) is -0.946. The number of rotatable bonds is 5. The monoisotopic (exact) mass is 401 g/mol. The van der Waals surface area contributed by atoms with Crippen molar-refractivity contribution in [3.63, 3.8) is 0 Å². The lowest BCUT2D eigenvalue weighted by Gasteiger charge is -2.29. The number of para-hydroxylation sites is 1. The van der Waals surface area contributed by atoms with Gasteiger partial charge in [-0.3, -0.25) is 10.1 Å². The molecule has 2 atom stereocenters. The lowest BCUT2D eigenvalue weighted by Crippen LogP contribution is -2.48. The van der Waals surface area contributed by atoms with Crippen molar-refractivity contribution in [2.45, 2.75) is 38.6 Å². The molecule has 0 saturated heterocycles. The number of nitrogens with one attached hydrogen (secondary N) is 2. The van der Waals surface area contributed by atoms with Crippen molar-refractivity contribution in [1.82, 2.24) is 15.6 Å². The van der Waals surface area contributed by atoms with Gasteiger partial charge < -0.3 is 10.1 Å². The van der Waals surface area contributed by atoms with Gasteiger partial charge in [0.15, 0.2) is 6.61 Å². The number of esters is 1. The fourth-order valence-electron chi connectivity index (χ4n) is 3.18. The number of nitrogens with zero attached hydrogens (tertiary/aromatic N) is 1. The van der Waals surface area contributed by atoms with Crippen molar-refractivity contribution in [2.75, 3.05) is 6.61 Å². The Balaban J connectivity index is 1.41. The lowest BCUT2D eigenvalue weighted by atomic mass is 9.86. The highest BCUT2D eigenvalue weighted by molar-refractivity contribution is 7.19. The van der Waals surface area contributed by atoms with Gasteiger partial charge in [0.2, 0.25) is 0 Å². The van der Waals surface area contributed by atoms with Gasteiger partial charge in [0.1, 0.15) is 5.01 Å². The third kappa shape index (κ3) is 5.63. The van der Waals surface area contributed by atoms with E-state index in [0.717, 1.165) is 29.5 Å². The second-order valence-corrected chi connectivity index (χ2v) is 7.91. The van der Waals surface area contributed by atoms with Crippen LogP contribution in [0.5, 0.6) is 0 Å². The molecular weight excluding hydrogens is 378 g/mol. The van der Waals surface area contributed by atoms with Crippen LogP contribution in [0.25, 0.3) is 16.3 Å². The fourth-order valence-corrected chi connectivity index (χ4v) is 4.05. The van der Waals surface area contributed by atoms with Crippen molar-refractivity contribution < 1.29 is 19.1 Å². The van der Waals surface area contributed by atoms with Crippen LogP contribution in [-0.2, 0) is 14.3 Å². The van der Waals surface area contributed by atoms with Gasteiger partial charge in [-0.15, -0.1) is 11.3 Å². The van der Waals surface area contributed by atoms with E-state index >= 15 is 0 Å². The highest BCUT2D eigenvalue weighted by Crippen LogP contribution is 2.23. The molecule has 7 nitrogen and oxygen atoms in total. The minimum Gasteiger partial charge on any atom is -0.452 e. The average Bonchev–Trinajstić information content (AvgIpc) is 3.09. The third-order valence-electron chi connectivity index (χ3n) is 4.70. The second-order valence-electron chi connectivity index (χ2n) is 6.85. The van der Waals surface area contributed by atoms with Gasteiger partial charge in [-0.2, -0.15) is 0 Å². The number of urea groups is 1. The van der Waals surface area contributed by atoms with E-state index in [1.807, 2.05) is 24.3 Å². The maximum absolute atomic E-state index is 11.9. The van der Waals surface area contributed by atoms with Crippen molar-refractivity contribution >= 4 is 45.5 Å². The first-order valence-corrected chi connectivity index (χ1v) is 10.1. The van der Waals surface area contributed by atoms with Crippen LogP contribution in [0.15, 0.2) is 30.3 Å². The molecule has 1 fully saturated rings. The summed E-state index contributed by atoms with van der Waals surface area (Å²) >= 11 is 1.45. The Morgan fingerprint density at radius 1 is 1.25 bits per heavy atom. The average molecular weight is 401 g/mol. The second kappa shape index (κ2) is 9.45. The van der Waals surface area contributed by atoms with Gasteiger partial charge in [-0.05, 0) is 37.0 Å². The van der Waals surface area contributed by atoms with Crippen molar-refractivity contribution in [2.24, 2.45) is 5.92 Å². The Labute approximate surface area is 167 Å². The molecule has 0 unspecified atom stereocenters. The molecule has 1 aliphatic rings. The molecule has 2 N–H and O–H groups in total. The van der Waals surface area contributed by atoms with Crippen molar-refractivity contribution in [3.8, 4) is 0 Å². The lowest BCUT2D eigenvalue weighted by molar-refractivity contribution is -0.143. The van der Waals surface area contributed by atoms with E-state index in [0.29, 0.717) is 10.9 Å². The molecule has 2 aromatic rings. The number of imide groups is 1. The summed E-state index contributed by atoms with van der Waals surface area (Å²) in [6.07, 6.45) is 6.98. The minimum atomic E-state index is -0.671. The first-order valence-electron chi connectivity index (χ1n) is 9.32. The highest BCUT2D eigenvalue weighted by atomic mass is 32.1. The number of ether oxygens (including phenoxy) is 1. The van der Waals surface area contributed by atoms with Crippen molar-refractivity contribution in [3.05, 3.63) is 35.3 Å². The van der Waals surface area contributed by atoms with Crippen LogP contribution in [0.1, 0.15) is 37.6 Å². The number of carbonyl (C=O) groups is 3. The summed E-state index contributed by atoms with van der Waals surface area (Å²) < 4.78 is 5.89. The first-order chi connectivity index (χ1) is 13.5. The van der Waals surface area contributed by atoms with Crippen LogP contribution in [0, 0.1) is 5.92 Å². The van der Waals surface area contributed by atoms with E-state index in [-0.39, 0.29) is 6.04 Å². The normalized spacial score (nSPS) is 19.5. The number of benzene rings is 1. The largest absolute Gasteiger partial charge is 0.452 e. The predicted octanol–water partition coefficient (Wildman–Crippen LogP) is 3.26. The zero-order valence-electron chi connectivity index (χ0n) is 15.6. The zero-order chi connectivity index (χ0) is 19.9. The van der Waals surface area contributed by atoms with Crippen LogP contribution in [-0.4, -0.2) is 35.5 Å². The Morgan fingerprint density at radius 2 is 2.04 bits per heavy atom. The van der Waals surface area contributed by atoms with Gasteiger partial charge in [0.25, 0.3) is 5.91 Å². The van der Waals surface area contributed by atoms with E-state index in [1.165, 1.54) is 23.8 Å². The van der Waals surface area contributed by atoms with Gasteiger partial charge >= 0.3 is 12.0 Å². The Bertz CT molecular complexity index is 859. The molecule has 8 heteroatoms. The van der Waals surface area contributed by atoms with Crippen molar-refractivity contribution in [1.29, 1.82) is 0 Å². The smallest absolute Gasteiger partial charge is 0.331 e. The number of hydrogen-bond acceptors (Lipinski definition) is 6. The van der Waals surface area contributed by atoms with Crippen LogP contribution in [0.2, 0.25) is 0 Å². The molecule has 28 heavy (non-hydrogen) atoms. The molecule has 0 radical (unpaired) electrons. The Kier molecular flexibility index (Phi) is 6.76. The van der Waals surface area contributed by atoms with E-state index in [2.05, 4.69) is 22.5 Å². The molecule has 3 amide bonds. The van der Waals surface area contributed by atoms with Gasteiger partial charge in [0.05, 0.1) is 10.2 Å². The Hall–Kier alpha value is -2.74. The number of fused-ring (bicyclic) bond motifs is 1. The minimum absolute atomic E-state index is 0.0702. The summed E-state index contributed by atoms with van der Waals surface area (Å²) in [4.78, 5) is 39.8. The predicted molar refractivity (Wildman–Crippen MR) is 108 cm³/mol. The fraction of sp³-hybridized carbons (Fsp3) is 0.400. The van der Waals surface area contributed by atoms with Crippen LogP contribution in [0.3, 0.4) is 0 Å². The maximum atomic E-state index is 11.9. The first kappa shape index (κ1) is 20.0. The number of carbonyl (C=O) groups excluding carboxylic acids is 3. The standard InChI is InChI=1S/C20H23N3O4S/c1-13-6-2-3-7-14(13)22-20(26)23-17(24)12-27-19(25)11-10-18-21-15-8-4-5-9-16(15)28-18/h4-5,8-11,13-14H,2-3,6-7,12H2,1H3,(H2,22,23,24,26)/b11-10+/t13-,14+/m0/s1. The number of aromatic nitrogens is 1. The summed E-state index contributed by atoms with van der Waals surface area (Å²) in [5.41, 5.74) is 0.859. The van der Waals surface area contributed by atoms with Gasteiger partial charge in [0, 0.05) is 12.1 Å². The SMILES string of the molecule is C[C@H]1CCCC[C@H]1NC(=O)NC(=O)COC(=O)/C=C/c1nc2ccccc2s1. The third-order valence-corrected chi connectivity index (χ3v) is 5.70. The molecule has 3 rings (SSSR count). The quantitative estimate of drug-likeness (QED) is 0.592. The molecule has 1 aromatic carbocycles. The van der Waals surface area contributed by atoms with E-state index < -0.39 is 24.5 Å². The molecule has 0 bridgehead atoms. The summed E-state index contributed by atoms with van der Waals surface area (Å²) in [6.45, 7) is 1.57. The summed E-state index contributed by atoms with van der Waals surface area (Å²) in [5, 5.41) is 5.68. The molecule has 0 spiro atoms. The van der Waals surface area contributed by atoms with Gasteiger partial charge in [-0.25, -0.2) is 14.6 Å². The molecule has 148 valence electrons. The Morgan fingerprint density at radius 3 is 2.82 bits per heavy atom. The molecule has 1 aromatic heterocycles. The van der Waals surface area contributed by atoms with E-state index in [1.54, 1.807) is 6.08 Å². The molecule has 0 aliphatic heterocycles. The van der Waals surface area contributed by atoms with E-state index in [9.17, 15) is 14.4 Å². The molecular formula is C20H23N3O4S. The zero-order valence-corrected chi connectivity index (χ0v) is 16.5. The van der Waals surface area contributed by atoms with Crippen LogP contribution in [0.4, 0.5) is 4.79 Å². The maximum Gasteiger partial charge on any atom is 0.331 e. The number of amides is 3. The summed E-state index contributed by atoms with van der Waals surface area (Å²) in [7, 11) is 0.